The van der Waals surface area contributed by atoms with Crippen LogP contribution in [-0.2, 0) is 17.0 Å². The van der Waals surface area contributed by atoms with E-state index in [1.807, 2.05) is 0 Å². The second kappa shape index (κ2) is 7.29. The van der Waals surface area contributed by atoms with Gasteiger partial charge in [-0.2, -0.15) is 0 Å². The molecule has 1 amide bonds. The number of amides is 1. The molecule has 0 saturated carbocycles. The van der Waals surface area contributed by atoms with Gasteiger partial charge >= 0.3 is 0 Å². The summed E-state index contributed by atoms with van der Waals surface area (Å²) < 4.78 is 43.0. The van der Waals surface area contributed by atoms with E-state index >= 15 is 4.39 Å². The lowest BCUT2D eigenvalue weighted by Gasteiger charge is -2.27. The maximum atomic E-state index is 15.1. The first-order valence-corrected chi connectivity index (χ1v) is 9.08. The fraction of sp³-hybridized carbons (Fsp3) is 0.136. The van der Waals surface area contributed by atoms with Gasteiger partial charge in [0.05, 0.1) is 5.69 Å². The van der Waals surface area contributed by atoms with E-state index in [-0.39, 0.29) is 28.3 Å². The molecule has 3 aromatic rings. The molecule has 1 aliphatic rings. The Kier molecular flexibility index (Phi) is 4.77. The van der Waals surface area contributed by atoms with Crippen LogP contribution in [0.2, 0.25) is 0 Å². The number of hydrogen-bond donors (Lipinski definition) is 1. The van der Waals surface area contributed by atoms with Gasteiger partial charge in [0, 0.05) is 30.4 Å². The molecular weight excluding hydrogens is 393 g/mol. The second-order valence-electron chi connectivity index (χ2n) is 6.89. The van der Waals surface area contributed by atoms with Gasteiger partial charge in [0.1, 0.15) is 18.3 Å². The lowest BCUT2D eigenvalue weighted by molar-refractivity contribution is -0.129. The summed E-state index contributed by atoms with van der Waals surface area (Å²) in [5.74, 6) is -2.53. The highest BCUT2D eigenvalue weighted by Gasteiger charge is 2.51. The molecule has 0 aliphatic carbocycles. The minimum atomic E-state index is -1.92. The Hall–Kier alpha value is -3.68. The molecule has 0 spiro atoms. The molecule has 1 unspecified atom stereocenters. The van der Waals surface area contributed by atoms with Crippen LogP contribution in [0.3, 0.4) is 0 Å². The second-order valence-corrected chi connectivity index (χ2v) is 6.89. The van der Waals surface area contributed by atoms with E-state index in [1.165, 1.54) is 31.4 Å². The SMILES string of the molecule is CN1C(=O)C(c2ccnc(CF)c2)(c2cc(-c3ccccc3)c(F)cc2F)N=C1N. The zero-order valence-electron chi connectivity index (χ0n) is 15.9. The van der Waals surface area contributed by atoms with Crippen molar-refractivity contribution in [1.29, 1.82) is 0 Å². The summed E-state index contributed by atoms with van der Waals surface area (Å²) in [5.41, 5.74) is 4.62. The molecule has 1 aromatic heterocycles. The molecule has 4 rings (SSSR count). The Morgan fingerprint density at radius 1 is 1.07 bits per heavy atom. The third kappa shape index (κ3) is 2.92. The maximum absolute atomic E-state index is 15.1. The van der Waals surface area contributed by atoms with Gasteiger partial charge in [0.2, 0.25) is 0 Å². The molecule has 0 radical (unpaired) electrons. The zero-order valence-corrected chi connectivity index (χ0v) is 15.9. The first kappa shape index (κ1) is 19.6. The number of guanidine groups is 1. The van der Waals surface area contributed by atoms with Crippen molar-refractivity contribution >= 4 is 11.9 Å². The van der Waals surface area contributed by atoms with Gasteiger partial charge in [-0.25, -0.2) is 18.2 Å². The van der Waals surface area contributed by atoms with Crippen molar-refractivity contribution in [3.8, 4) is 11.1 Å². The van der Waals surface area contributed by atoms with Gasteiger partial charge in [0.25, 0.3) is 5.91 Å². The van der Waals surface area contributed by atoms with Crippen molar-refractivity contribution in [2.24, 2.45) is 10.7 Å². The minimum absolute atomic E-state index is 0.0498. The molecule has 0 saturated heterocycles. The topological polar surface area (TPSA) is 71.6 Å². The highest BCUT2D eigenvalue weighted by Crippen LogP contribution is 2.42. The highest BCUT2D eigenvalue weighted by molar-refractivity contribution is 6.09. The van der Waals surface area contributed by atoms with Gasteiger partial charge in [-0.15, -0.1) is 0 Å². The summed E-state index contributed by atoms with van der Waals surface area (Å²) >= 11 is 0. The van der Waals surface area contributed by atoms with Crippen LogP contribution in [0.4, 0.5) is 13.2 Å². The normalized spacial score (nSPS) is 18.6. The molecule has 0 bridgehead atoms. The summed E-state index contributed by atoms with van der Waals surface area (Å²) in [7, 11) is 1.40. The summed E-state index contributed by atoms with van der Waals surface area (Å²) in [6, 6.07) is 13.3. The van der Waals surface area contributed by atoms with Crippen LogP contribution in [0.15, 0.2) is 65.8 Å². The van der Waals surface area contributed by atoms with Crippen molar-refractivity contribution < 1.29 is 18.0 Å². The minimum Gasteiger partial charge on any atom is -0.369 e. The van der Waals surface area contributed by atoms with Crippen LogP contribution < -0.4 is 5.73 Å². The number of nitrogens with two attached hydrogens (primary N) is 1. The number of aliphatic imine (C=N–C) groups is 1. The molecule has 1 aliphatic heterocycles. The number of alkyl halides is 1. The molecular formula is C22H17F3N4O. The first-order chi connectivity index (χ1) is 14.4. The number of benzene rings is 2. The molecule has 2 aromatic carbocycles. The number of likely N-dealkylation sites (N-methyl/N-ethyl adjacent to an activating group) is 1. The monoisotopic (exact) mass is 410 g/mol. The van der Waals surface area contributed by atoms with Gasteiger partial charge in [-0.1, -0.05) is 30.3 Å². The lowest BCUT2D eigenvalue weighted by Crippen LogP contribution is -2.41. The van der Waals surface area contributed by atoms with Crippen LogP contribution >= 0.6 is 0 Å². The number of carbonyl (C=O) groups is 1. The number of rotatable bonds is 4. The highest BCUT2D eigenvalue weighted by atomic mass is 19.1. The summed E-state index contributed by atoms with van der Waals surface area (Å²) in [6.07, 6.45) is 1.31. The van der Waals surface area contributed by atoms with Crippen LogP contribution in [0, 0.1) is 11.6 Å². The number of aromatic nitrogens is 1. The fourth-order valence-corrected chi connectivity index (χ4v) is 3.60. The largest absolute Gasteiger partial charge is 0.369 e. The van der Waals surface area contributed by atoms with Crippen molar-refractivity contribution in [2.45, 2.75) is 12.2 Å². The van der Waals surface area contributed by atoms with E-state index in [0.29, 0.717) is 11.6 Å². The number of nitrogens with zero attached hydrogens (tertiary/aromatic N) is 3. The Labute approximate surface area is 170 Å². The molecule has 30 heavy (non-hydrogen) atoms. The first-order valence-electron chi connectivity index (χ1n) is 9.08. The molecule has 5 nitrogen and oxygen atoms in total. The molecule has 1 atom stereocenters. The average molecular weight is 410 g/mol. The van der Waals surface area contributed by atoms with E-state index in [2.05, 4.69) is 9.98 Å². The Morgan fingerprint density at radius 3 is 2.43 bits per heavy atom. The van der Waals surface area contributed by atoms with Crippen LogP contribution in [0.5, 0.6) is 0 Å². The van der Waals surface area contributed by atoms with Gasteiger partial charge in [-0.05, 0) is 29.3 Å². The van der Waals surface area contributed by atoms with E-state index < -0.39 is 29.8 Å². The zero-order chi connectivity index (χ0) is 21.5. The smallest absolute Gasteiger partial charge is 0.266 e. The van der Waals surface area contributed by atoms with Gasteiger partial charge in [-0.3, -0.25) is 14.7 Å². The Bertz CT molecular complexity index is 1170. The molecule has 2 heterocycles. The van der Waals surface area contributed by atoms with Crippen LogP contribution in [0.25, 0.3) is 11.1 Å². The van der Waals surface area contributed by atoms with E-state index in [4.69, 9.17) is 5.73 Å². The van der Waals surface area contributed by atoms with Crippen LogP contribution in [-0.4, -0.2) is 28.8 Å². The van der Waals surface area contributed by atoms with Crippen molar-refractivity contribution in [1.82, 2.24) is 9.88 Å². The van der Waals surface area contributed by atoms with Crippen molar-refractivity contribution in [3.63, 3.8) is 0 Å². The quantitative estimate of drug-likeness (QED) is 0.715. The fourth-order valence-electron chi connectivity index (χ4n) is 3.60. The molecule has 152 valence electrons. The van der Waals surface area contributed by atoms with E-state index in [9.17, 15) is 13.6 Å². The standard InChI is InChI=1S/C22H17F3N4O/c1-29-20(30)22(28-21(29)26,14-7-8-27-15(9-14)12-23)17-10-16(18(24)11-19(17)25)13-5-3-2-4-6-13/h2-11H,12H2,1H3,(H2,26,28). The molecule has 0 fully saturated rings. The average Bonchev–Trinajstić information content (AvgIpc) is 2.99. The van der Waals surface area contributed by atoms with Gasteiger partial charge < -0.3 is 5.73 Å². The predicted molar refractivity (Wildman–Crippen MR) is 106 cm³/mol. The summed E-state index contributed by atoms with van der Waals surface area (Å²) in [6.45, 7) is -0.881. The summed E-state index contributed by atoms with van der Waals surface area (Å²) in [5, 5.41) is 0. The Balaban J connectivity index is 2.03. The number of pyridine rings is 1. The molecule has 8 heteroatoms. The third-order valence-corrected chi connectivity index (χ3v) is 5.14. The number of hydrogen-bond acceptors (Lipinski definition) is 4. The van der Waals surface area contributed by atoms with E-state index in [0.717, 1.165) is 4.90 Å². The third-order valence-electron chi connectivity index (χ3n) is 5.14. The van der Waals surface area contributed by atoms with Crippen molar-refractivity contribution in [3.05, 3.63) is 89.2 Å². The van der Waals surface area contributed by atoms with Crippen LogP contribution in [0.1, 0.15) is 16.8 Å². The molecule has 2 N–H and O–H groups in total. The van der Waals surface area contributed by atoms with Gasteiger partial charge in [0.15, 0.2) is 11.5 Å². The summed E-state index contributed by atoms with van der Waals surface area (Å²) in [4.78, 5) is 22.5. The predicted octanol–water partition coefficient (Wildman–Crippen LogP) is 3.53. The Morgan fingerprint density at radius 2 is 1.80 bits per heavy atom. The maximum Gasteiger partial charge on any atom is 0.266 e. The number of carbonyl (C=O) groups excluding carboxylic acids is 1. The lowest BCUT2D eigenvalue weighted by atomic mass is 9.81. The number of halogens is 3. The van der Waals surface area contributed by atoms with Crippen molar-refractivity contribution in [2.75, 3.05) is 7.05 Å². The van der Waals surface area contributed by atoms with E-state index in [1.54, 1.807) is 30.3 Å².